The summed E-state index contributed by atoms with van der Waals surface area (Å²) in [5.74, 6) is 1.43. The van der Waals surface area contributed by atoms with E-state index < -0.39 is 0 Å². The molecule has 0 spiro atoms. The molecule has 0 aromatic rings. The molecule has 0 aromatic carbocycles. The summed E-state index contributed by atoms with van der Waals surface area (Å²) in [7, 11) is 0. The molecule has 1 heteroatoms. The van der Waals surface area contributed by atoms with E-state index in [4.69, 9.17) is 0 Å². The second-order valence-corrected chi connectivity index (χ2v) is 1.65. The number of rotatable bonds is 1. The van der Waals surface area contributed by atoms with E-state index in [1.807, 2.05) is 0 Å². The van der Waals surface area contributed by atoms with Gasteiger partial charge in [-0.05, 0) is 6.42 Å². The Hall–Kier alpha value is 0.480. The standard InChI is InChI=1S/C7H9.Na.H/c1-2-7-5-3-4-6-7;;/h3-6H,2H2,1H3;;. The van der Waals surface area contributed by atoms with E-state index in [0.29, 0.717) is 0 Å². The fourth-order valence-electron chi connectivity index (χ4n) is 0.650. The molecule has 0 aromatic heterocycles. The Bertz CT molecular complexity index is 91.0. The number of allylic oxidation sites excluding steroid dienone is 4. The normalized spacial score (nSPS) is 16.6. The molecule has 1 radical (unpaired) electrons. The quantitative estimate of drug-likeness (QED) is 0.456. The Balaban J connectivity index is 0.000000490. The first kappa shape index (κ1) is 8.48. The summed E-state index contributed by atoms with van der Waals surface area (Å²) >= 11 is 0. The Morgan fingerprint density at radius 2 is 1.75 bits per heavy atom. The zero-order chi connectivity index (χ0) is 5.11. The van der Waals surface area contributed by atoms with Crippen LogP contribution in [0.2, 0.25) is 0 Å². The van der Waals surface area contributed by atoms with E-state index in [9.17, 15) is 0 Å². The van der Waals surface area contributed by atoms with E-state index in [0.717, 1.165) is 6.42 Å². The van der Waals surface area contributed by atoms with Gasteiger partial charge in [0.1, 0.15) is 0 Å². The van der Waals surface area contributed by atoms with E-state index in [1.165, 1.54) is 5.92 Å². The maximum atomic E-state index is 2.16. The Morgan fingerprint density at radius 1 is 1.25 bits per heavy atom. The molecule has 0 aliphatic heterocycles. The van der Waals surface area contributed by atoms with Crippen LogP contribution in [0.5, 0.6) is 0 Å². The monoisotopic (exact) mass is 117 g/mol. The molecule has 39 valence electrons. The van der Waals surface area contributed by atoms with Crippen LogP contribution >= 0.6 is 0 Å². The van der Waals surface area contributed by atoms with Crippen LogP contribution < -0.4 is 0 Å². The molecule has 0 nitrogen and oxygen atoms in total. The van der Waals surface area contributed by atoms with Gasteiger partial charge in [0.2, 0.25) is 0 Å². The summed E-state index contributed by atoms with van der Waals surface area (Å²) < 4.78 is 0. The molecule has 1 rings (SSSR count). The number of hydrogen-bond donors (Lipinski definition) is 0. The Morgan fingerprint density at radius 3 is 2.00 bits per heavy atom. The van der Waals surface area contributed by atoms with Gasteiger partial charge >= 0.3 is 29.6 Å². The van der Waals surface area contributed by atoms with Gasteiger partial charge in [-0.2, -0.15) is 0 Å². The van der Waals surface area contributed by atoms with Crippen LogP contribution in [0.4, 0.5) is 0 Å². The second kappa shape index (κ2) is 4.37. The summed E-state index contributed by atoms with van der Waals surface area (Å²) in [6.45, 7) is 2.16. The second-order valence-electron chi connectivity index (χ2n) is 1.65. The van der Waals surface area contributed by atoms with E-state index in [1.54, 1.807) is 0 Å². The molecule has 0 heterocycles. The third-order valence-electron chi connectivity index (χ3n) is 1.14. The third kappa shape index (κ3) is 2.17. The van der Waals surface area contributed by atoms with Crippen molar-refractivity contribution in [2.24, 2.45) is 0 Å². The van der Waals surface area contributed by atoms with Gasteiger partial charge < -0.3 is 0 Å². The van der Waals surface area contributed by atoms with Gasteiger partial charge in [-0.3, -0.25) is 0 Å². The third-order valence-corrected chi connectivity index (χ3v) is 1.14. The molecule has 0 amide bonds. The van der Waals surface area contributed by atoms with Crippen molar-refractivity contribution in [3.05, 3.63) is 30.2 Å². The van der Waals surface area contributed by atoms with Crippen molar-refractivity contribution in [2.45, 2.75) is 13.3 Å². The molecule has 0 saturated heterocycles. The van der Waals surface area contributed by atoms with Crippen LogP contribution in [0, 0.1) is 5.92 Å². The van der Waals surface area contributed by atoms with Crippen molar-refractivity contribution in [1.29, 1.82) is 0 Å². The fourth-order valence-corrected chi connectivity index (χ4v) is 0.650. The molecule has 0 bridgehead atoms. The first-order chi connectivity index (χ1) is 3.43. The molecule has 0 unspecified atom stereocenters. The van der Waals surface area contributed by atoms with Gasteiger partial charge in [0, 0.05) is 5.92 Å². The molecule has 1 aliphatic carbocycles. The molecule has 0 fully saturated rings. The van der Waals surface area contributed by atoms with Crippen molar-refractivity contribution < 1.29 is 0 Å². The first-order valence-electron chi connectivity index (χ1n) is 2.64. The average molecular weight is 117 g/mol. The zero-order valence-electron chi connectivity index (χ0n) is 4.52. The van der Waals surface area contributed by atoms with Gasteiger partial charge in [0.25, 0.3) is 0 Å². The molecule has 0 saturated carbocycles. The topological polar surface area (TPSA) is 0 Å². The molecule has 0 atom stereocenters. The van der Waals surface area contributed by atoms with Crippen LogP contribution in [-0.2, 0) is 0 Å². The van der Waals surface area contributed by atoms with Crippen molar-refractivity contribution >= 4 is 29.6 Å². The van der Waals surface area contributed by atoms with Crippen molar-refractivity contribution in [2.75, 3.05) is 0 Å². The van der Waals surface area contributed by atoms with E-state index in [-0.39, 0.29) is 29.6 Å². The Labute approximate surface area is 73.0 Å². The predicted octanol–water partition coefficient (Wildman–Crippen LogP) is 1.45. The molecular formula is C7H10Na. The van der Waals surface area contributed by atoms with Crippen LogP contribution in [-0.4, -0.2) is 29.6 Å². The SMILES string of the molecule is CC[C]1C=CC=C1.[NaH]. The van der Waals surface area contributed by atoms with Gasteiger partial charge in [-0.25, -0.2) is 0 Å². The van der Waals surface area contributed by atoms with Crippen LogP contribution in [0.15, 0.2) is 24.3 Å². The van der Waals surface area contributed by atoms with Gasteiger partial charge in [-0.15, -0.1) is 0 Å². The molecule has 8 heavy (non-hydrogen) atoms. The van der Waals surface area contributed by atoms with E-state index in [2.05, 4.69) is 31.2 Å². The summed E-state index contributed by atoms with van der Waals surface area (Å²) in [5, 5.41) is 0. The maximum absolute atomic E-state index is 2.16. The van der Waals surface area contributed by atoms with Gasteiger partial charge in [0.15, 0.2) is 0 Å². The summed E-state index contributed by atoms with van der Waals surface area (Å²) in [6, 6.07) is 0. The fraction of sp³-hybridized carbons (Fsp3) is 0.286. The zero-order valence-corrected chi connectivity index (χ0v) is 4.52. The summed E-state index contributed by atoms with van der Waals surface area (Å²) in [5.41, 5.74) is 0. The van der Waals surface area contributed by atoms with Gasteiger partial charge in [-0.1, -0.05) is 31.2 Å². The molecule has 0 N–H and O–H groups in total. The summed E-state index contributed by atoms with van der Waals surface area (Å²) in [6.07, 6.45) is 9.57. The van der Waals surface area contributed by atoms with Gasteiger partial charge in [0.05, 0.1) is 0 Å². The van der Waals surface area contributed by atoms with Crippen molar-refractivity contribution in [3.8, 4) is 0 Å². The van der Waals surface area contributed by atoms with Crippen molar-refractivity contribution in [3.63, 3.8) is 0 Å². The van der Waals surface area contributed by atoms with Crippen molar-refractivity contribution in [1.82, 2.24) is 0 Å². The van der Waals surface area contributed by atoms with Crippen LogP contribution in [0.1, 0.15) is 13.3 Å². The minimum atomic E-state index is 0. The summed E-state index contributed by atoms with van der Waals surface area (Å²) in [4.78, 5) is 0. The molecule has 1 aliphatic rings. The minimum absolute atomic E-state index is 0. The Kier molecular flexibility index (Phi) is 4.63. The van der Waals surface area contributed by atoms with Crippen LogP contribution in [0.3, 0.4) is 0 Å². The first-order valence-corrected chi connectivity index (χ1v) is 2.64. The number of hydrogen-bond acceptors (Lipinski definition) is 0. The average Bonchev–Trinajstić information content (AvgIpc) is 2.14. The van der Waals surface area contributed by atoms with Crippen LogP contribution in [0.25, 0.3) is 0 Å². The molecular weight excluding hydrogens is 107 g/mol. The predicted molar refractivity (Wildman–Crippen MR) is 39.0 cm³/mol. The van der Waals surface area contributed by atoms with E-state index >= 15 is 0 Å².